The molecule has 34 heavy (non-hydrogen) atoms. The van der Waals surface area contributed by atoms with Gasteiger partial charge in [-0.3, -0.25) is 9.89 Å². The zero-order valence-electron chi connectivity index (χ0n) is 19.5. The van der Waals surface area contributed by atoms with Crippen molar-refractivity contribution < 1.29 is 14.3 Å². The van der Waals surface area contributed by atoms with Crippen LogP contribution in [0.3, 0.4) is 0 Å². The summed E-state index contributed by atoms with van der Waals surface area (Å²) < 4.78 is 16.3. The molecule has 174 valence electrons. The zero-order valence-corrected chi connectivity index (χ0v) is 19.5. The number of aromatic nitrogens is 3. The van der Waals surface area contributed by atoms with Gasteiger partial charge in [-0.05, 0) is 73.6 Å². The summed E-state index contributed by atoms with van der Waals surface area (Å²) in [6.07, 6.45) is 4.04. The molecule has 1 saturated carbocycles. The van der Waals surface area contributed by atoms with Gasteiger partial charge in [0.05, 0.1) is 29.2 Å². The van der Waals surface area contributed by atoms with Gasteiger partial charge in [-0.25, -0.2) is 4.39 Å². The Morgan fingerprint density at radius 3 is 2.79 bits per heavy atom. The molecule has 2 unspecified atom stereocenters. The molecule has 5 rings (SSSR count). The quantitative estimate of drug-likeness (QED) is 0.377. The predicted octanol–water partition coefficient (Wildman–Crippen LogP) is 6.11. The van der Waals surface area contributed by atoms with Crippen molar-refractivity contribution in [1.29, 1.82) is 5.26 Å². The molecule has 2 heterocycles. The summed E-state index contributed by atoms with van der Waals surface area (Å²) in [5.41, 5.74) is 4.80. The topological polar surface area (TPSA) is 94.7 Å². The van der Waals surface area contributed by atoms with Gasteiger partial charge >= 0.3 is 5.97 Å². The number of benzene rings is 2. The van der Waals surface area contributed by atoms with Crippen LogP contribution < -0.4 is 0 Å². The van der Waals surface area contributed by atoms with Crippen LogP contribution in [0.2, 0.25) is 0 Å². The molecule has 4 aromatic rings. The highest BCUT2D eigenvalue weighted by atomic mass is 19.1. The fourth-order valence-corrected chi connectivity index (χ4v) is 5.61. The number of halogens is 1. The van der Waals surface area contributed by atoms with Crippen LogP contribution in [0.25, 0.3) is 27.5 Å². The average molecular weight is 459 g/mol. The molecule has 0 spiro atoms. The Morgan fingerprint density at radius 1 is 1.32 bits per heavy atom. The summed E-state index contributed by atoms with van der Waals surface area (Å²) in [6, 6.07) is 11.6. The summed E-state index contributed by atoms with van der Waals surface area (Å²) in [5.74, 6) is -1.34. The van der Waals surface area contributed by atoms with Crippen LogP contribution in [0.4, 0.5) is 4.39 Å². The first-order chi connectivity index (χ1) is 16.2. The largest absolute Gasteiger partial charge is 0.481 e. The van der Waals surface area contributed by atoms with Crippen molar-refractivity contribution in [2.24, 2.45) is 5.92 Å². The van der Waals surface area contributed by atoms with E-state index in [1.54, 1.807) is 19.2 Å². The highest BCUT2D eigenvalue weighted by molar-refractivity contribution is 5.99. The number of nitrogens with zero attached hydrogens (tertiary/aromatic N) is 3. The molecular weight excluding hydrogens is 431 g/mol. The number of nitriles is 1. The number of fused-ring (bicyclic) bond motifs is 2. The lowest BCUT2D eigenvalue weighted by molar-refractivity contribution is -0.141. The Kier molecular flexibility index (Phi) is 5.20. The number of hydrogen-bond donors (Lipinski definition) is 2. The van der Waals surface area contributed by atoms with Gasteiger partial charge in [-0.2, -0.15) is 10.4 Å². The van der Waals surface area contributed by atoms with E-state index in [1.165, 1.54) is 6.07 Å². The molecule has 7 heteroatoms. The van der Waals surface area contributed by atoms with Crippen LogP contribution >= 0.6 is 0 Å². The van der Waals surface area contributed by atoms with Gasteiger partial charge in [-0.1, -0.05) is 13.8 Å². The van der Waals surface area contributed by atoms with E-state index in [0.29, 0.717) is 24.8 Å². The Bertz CT molecular complexity index is 1470. The summed E-state index contributed by atoms with van der Waals surface area (Å²) in [4.78, 5) is 11.8. The second kappa shape index (κ2) is 7.98. The maximum Gasteiger partial charge on any atom is 0.306 e. The third kappa shape index (κ3) is 3.45. The smallest absolute Gasteiger partial charge is 0.306 e. The molecule has 2 N–H and O–H groups in total. The third-order valence-corrected chi connectivity index (χ3v) is 7.32. The first-order valence-electron chi connectivity index (χ1n) is 11.6. The molecule has 0 amide bonds. The highest BCUT2D eigenvalue weighted by Gasteiger charge is 2.38. The minimum Gasteiger partial charge on any atom is -0.481 e. The number of rotatable bonds is 5. The normalized spacial score (nSPS) is 18.6. The number of carboxylic acid groups (broad SMARTS) is 1. The third-order valence-electron chi connectivity index (χ3n) is 7.32. The van der Waals surface area contributed by atoms with E-state index in [9.17, 15) is 19.6 Å². The van der Waals surface area contributed by atoms with Crippen LogP contribution in [0.5, 0.6) is 0 Å². The van der Waals surface area contributed by atoms with E-state index in [4.69, 9.17) is 0 Å². The number of carbonyl (C=O) groups is 1. The van der Waals surface area contributed by atoms with Gasteiger partial charge in [0.25, 0.3) is 0 Å². The van der Waals surface area contributed by atoms with Crippen molar-refractivity contribution in [1.82, 2.24) is 14.8 Å². The molecule has 2 aromatic carbocycles. The molecular formula is C27H27FN4O2. The lowest BCUT2D eigenvalue weighted by Gasteiger charge is -2.28. The Morgan fingerprint density at radius 2 is 2.12 bits per heavy atom. The van der Waals surface area contributed by atoms with E-state index in [0.717, 1.165) is 45.2 Å². The van der Waals surface area contributed by atoms with Gasteiger partial charge < -0.3 is 9.67 Å². The average Bonchev–Trinajstić information content (AvgIpc) is 3.50. The molecule has 1 aliphatic rings. The van der Waals surface area contributed by atoms with Gasteiger partial charge in [0.2, 0.25) is 0 Å². The summed E-state index contributed by atoms with van der Waals surface area (Å²) in [7, 11) is 0. The molecule has 0 saturated heterocycles. The standard InChI is InChI=1S/C27H27FN4O2/c1-15-10-19(6-7-21(15)28)32-23-12-18-14-30-31-22(18)13-20(23)24(25(32)27(2,3)8-9-29)16-4-5-17(11-16)26(33)34/h6-7,10,12-14,16-17H,4-5,8,11H2,1-3H3,(H,30,31)(H,33,34). The summed E-state index contributed by atoms with van der Waals surface area (Å²) in [5, 5.41) is 28.6. The minimum atomic E-state index is -0.755. The van der Waals surface area contributed by atoms with E-state index in [1.807, 2.05) is 6.07 Å². The number of hydrogen-bond acceptors (Lipinski definition) is 3. The van der Waals surface area contributed by atoms with E-state index < -0.39 is 11.4 Å². The summed E-state index contributed by atoms with van der Waals surface area (Å²) in [6.45, 7) is 5.85. The molecule has 2 atom stereocenters. The molecule has 0 radical (unpaired) electrons. The molecule has 1 fully saturated rings. The Labute approximate surface area is 197 Å². The molecule has 0 aliphatic heterocycles. The van der Waals surface area contributed by atoms with E-state index in [-0.39, 0.29) is 17.7 Å². The van der Waals surface area contributed by atoms with Crippen LogP contribution in [0.1, 0.15) is 62.3 Å². The Hall–Kier alpha value is -3.66. The van der Waals surface area contributed by atoms with Crippen LogP contribution in [0, 0.1) is 30.0 Å². The Balaban J connectivity index is 1.89. The van der Waals surface area contributed by atoms with Crippen LogP contribution in [-0.4, -0.2) is 25.8 Å². The van der Waals surface area contributed by atoms with Crippen molar-refractivity contribution in [2.45, 2.75) is 57.8 Å². The lowest BCUT2D eigenvalue weighted by atomic mass is 9.79. The number of carboxylic acids is 1. The summed E-state index contributed by atoms with van der Waals surface area (Å²) >= 11 is 0. The van der Waals surface area contributed by atoms with Crippen molar-refractivity contribution in [3.63, 3.8) is 0 Å². The number of H-pyrrole nitrogens is 1. The van der Waals surface area contributed by atoms with E-state index >= 15 is 0 Å². The van der Waals surface area contributed by atoms with Gasteiger partial charge in [0.1, 0.15) is 5.82 Å². The highest BCUT2D eigenvalue weighted by Crippen LogP contribution is 2.48. The maximum atomic E-state index is 14.2. The minimum absolute atomic E-state index is 0.0553. The predicted molar refractivity (Wildman–Crippen MR) is 129 cm³/mol. The van der Waals surface area contributed by atoms with Crippen molar-refractivity contribution >= 4 is 27.8 Å². The number of aliphatic carboxylic acids is 1. The molecule has 2 aromatic heterocycles. The molecule has 0 bridgehead atoms. The number of aromatic amines is 1. The van der Waals surface area contributed by atoms with E-state index in [2.05, 4.69) is 46.8 Å². The fraction of sp³-hybridized carbons (Fsp3) is 0.370. The van der Waals surface area contributed by atoms with Crippen LogP contribution in [-0.2, 0) is 10.2 Å². The zero-order chi connectivity index (χ0) is 24.2. The first kappa shape index (κ1) is 22.1. The monoisotopic (exact) mass is 458 g/mol. The SMILES string of the molecule is Cc1cc(-n2c(C(C)(C)CC#N)c(C3CCC(C(=O)O)C3)c3cc4[nH]ncc4cc32)ccc1F. The van der Waals surface area contributed by atoms with Gasteiger partial charge in [0.15, 0.2) is 0 Å². The second-order valence-electron chi connectivity index (χ2n) is 10.1. The lowest BCUT2D eigenvalue weighted by Crippen LogP contribution is -2.23. The molecule has 6 nitrogen and oxygen atoms in total. The van der Waals surface area contributed by atoms with Gasteiger partial charge in [-0.15, -0.1) is 0 Å². The van der Waals surface area contributed by atoms with Gasteiger partial charge in [0, 0.05) is 34.0 Å². The van der Waals surface area contributed by atoms with Crippen molar-refractivity contribution in [3.8, 4) is 11.8 Å². The van der Waals surface area contributed by atoms with Crippen LogP contribution in [0.15, 0.2) is 36.5 Å². The fourth-order valence-electron chi connectivity index (χ4n) is 5.61. The second-order valence-corrected chi connectivity index (χ2v) is 10.1. The van der Waals surface area contributed by atoms with Crippen molar-refractivity contribution in [3.05, 3.63) is 59.2 Å². The number of aryl methyl sites for hydroxylation is 1. The molecule has 1 aliphatic carbocycles. The first-order valence-corrected chi connectivity index (χ1v) is 11.6. The maximum absolute atomic E-state index is 14.2. The number of nitrogens with one attached hydrogen (secondary N) is 1. The van der Waals surface area contributed by atoms with Crippen molar-refractivity contribution in [2.75, 3.05) is 0 Å².